The van der Waals surface area contributed by atoms with Gasteiger partial charge in [0, 0.05) is 17.3 Å². The van der Waals surface area contributed by atoms with Crippen LogP contribution in [-0.4, -0.2) is 31.6 Å². The van der Waals surface area contributed by atoms with E-state index in [0.717, 1.165) is 66.7 Å². The number of aryl methyl sites for hydroxylation is 1. The van der Waals surface area contributed by atoms with Gasteiger partial charge in [-0.1, -0.05) is 13.8 Å². The predicted molar refractivity (Wildman–Crippen MR) is 117 cm³/mol. The van der Waals surface area contributed by atoms with Crippen molar-refractivity contribution in [3.63, 3.8) is 0 Å². The molecule has 0 bridgehead atoms. The van der Waals surface area contributed by atoms with Gasteiger partial charge in [0.25, 0.3) is 0 Å². The molecule has 5 rings (SSSR count). The number of nitrogens with zero attached hydrogens (tertiary/aromatic N) is 4. The fraction of sp³-hybridized carbons (Fsp3) is 0.571. The summed E-state index contributed by atoms with van der Waals surface area (Å²) in [6, 6.07) is -0.711. The molecule has 3 atom stereocenters. The van der Waals surface area contributed by atoms with Crippen molar-refractivity contribution in [3.05, 3.63) is 28.7 Å². The molecule has 0 saturated heterocycles. The van der Waals surface area contributed by atoms with Gasteiger partial charge >= 0.3 is 6.03 Å². The van der Waals surface area contributed by atoms with E-state index in [-0.39, 0.29) is 4.90 Å². The van der Waals surface area contributed by atoms with Gasteiger partial charge in [-0.3, -0.25) is 4.98 Å². The molecule has 31 heavy (non-hydrogen) atoms. The van der Waals surface area contributed by atoms with E-state index in [1.54, 1.807) is 4.68 Å². The van der Waals surface area contributed by atoms with Gasteiger partial charge in [-0.15, -0.1) is 4.36 Å². The van der Waals surface area contributed by atoms with Crippen LogP contribution in [0.3, 0.4) is 0 Å². The highest BCUT2D eigenvalue weighted by Crippen LogP contribution is 2.41. The second-order valence-corrected chi connectivity index (χ2v) is 10.5. The molecule has 1 aliphatic heterocycles. The summed E-state index contributed by atoms with van der Waals surface area (Å²) in [6.07, 6.45) is 7.05. The molecule has 0 aromatic carbocycles. The second kappa shape index (κ2) is 7.59. The molecule has 0 spiro atoms. The van der Waals surface area contributed by atoms with Gasteiger partial charge in [0.05, 0.1) is 25.0 Å². The standard InChI is InChI=1S/C21H28N6O3S/c1-3-13-10-27-20(30-11-13)17(9-23-27)31(22,29)26-21(28)25-19-14-5-4-6-16(14)24-18-12(2)7-8-15(18)19/h9,12-13H,3-8,10-11H2,1-2H3,(H3,22,24,25,26,28,29). The van der Waals surface area contributed by atoms with Crippen molar-refractivity contribution >= 4 is 21.6 Å². The molecule has 3 aliphatic rings. The van der Waals surface area contributed by atoms with E-state index in [1.165, 1.54) is 6.20 Å². The Bertz CT molecular complexity index is 1180. The van der Waals surface area contributed by atoms with Gasteiger partial charge in [-0.25, -0.2) is 18.8 Å². The molecule has 2 aromatic rings. The van der Waals surface area contributed by atoms with Crippen LogP contribution in [0.25, 0.3) is 0 Å². The lowest BCUT2D eigenvalue weighted by molar-refractivity contribution is 0.157. The lowest BCUT2D eigenvalue weighted by Crippen LogP contribution is -2.26. The minimum Gasteiger partial charge on any atom is -0.477 e. The highest BCUT2D eigenvalue weighted by Gasteiger charge is 2.31. The average molecular weight is 445 g/mol. The van der Waals surface area contributed by atoms with Crippen molar-refractivity contribution in [3.8, 4) is 5.88 Å². The molecule has 0 radical (unpaired) electrons. The predicted octanol–water partition coefficient (Wildman–Crippen LogP) is 3.17. The van der Waals surface area contributed by atoms with E-state index in [1.807, 2.05) is 0 Å². The number of ether oxygens (including phenoxy) is 1. The molecule has 0 fully saturated rings. The molecule has 3 N–H and O–H groups in total. The lowest BCUT2D eigenvalue weighted by Gasteiger charge is -2.23. The maximum Gasteiger partial charge on any atom is 0.354 e. The minimum absolute atomic E-state index is 0.163. The summed E-state index contributed by atoms with van der Waals surface area (Å²) in [5.74, 6) is 1.05. The summed E-state index contributed by atoms with van der Waals surface area (Å²) in [5, 5.41) is 13.2. The zero-order chi connectivity index (χ0) is 21.8. The van der Waals surface area contributed by atoms with Gasteiger partial charge < -0.3 is 10.1 Å². The number of fused-ring (bicyclic) bond motifs is 3. The number of nitrogens with two attached hydrogens (primary N) is 1. The number of carbonyl (C=O) groups excluding carboxylic acids is 1. The van der Waals surface area contributed by atoms with Crippen LogP contribution >= 0.6 is 0 Å². The van der Waals surface area contributed by atoms with Gasteiger partial charge in [0.2, 0.25) is 5.88 Å². The Morgan fingerprint density at radius 3 is 3.03 bits per heavy atom. The van der Waals surface area contributed by atoms with Crippen LogP contribution in [0, 0.1) is 5.92 Å². The van der Waals surface area contributed by atoms with Crippen LogP contribution in [0.1, 0.15) is 61.5 Å². The Balaban J connectivity index is 1.46. The Labute approximate surface area is 182 Å². The van der Waals surface area contributed by atoms with Crippen LogP contribution < -0.4 is 15.2 Å². The van der Waals surface area contributed by atoms with Crippen LogP contribution in [-0.2, 0) is 35.7 Å². The van der Waals surface area contributed by atoms with E-state index in [9.17, 15) is 9.00 Å². The SMILES string of the molecule is CCC1COc2c(S(N)(=O)=NC(=O)Nc3c4c(nc5c3CCC5C)CCC4)cnn2C1. The van der Waals surface area contributed by atoms with Gasteiger partial charge in [0.15, 0.2) is 9.92 Å². The molecular formula is C21H28N6O3S. The van der Waals surface area contributed by atoms with E-state index in [2.05, 4.69) is 28.6 Å². The molecular weight excluding hydrogens is 416 g/mol. The molecule has 3 heterocycles. The van der Waals surface area contributed by atoms with Crippen molar-refractivity contribution in [2.75, 3.05) is 11.9 Å². The Morgan fingerprint density at radius 2 is 2.23 bits per heavy atom. The highest BCUT2D eigenvalue weighted by molar-refractivity contribution is 7.91. The third-order valence-corrected chi connectivity index (χ3v) is 7.99. The lowest BCUT2D eigenvalue weighted by atomic mass is 10.0. The number of hydrogen-bond donors (Lipinski definition) is 2. The summed E-state index contributed by atoms with van der Waals surface area (Å²) >= 11 is 0. The summed E-state index contributed by atoms with van der Waals surface area (Å²) in [6.45, 7) is 5.42. The van der Waals surface area contributed by atoms with Gasteiger partial charge in [-0.05, 0) is 55.6 Å². The Hall–Kier alpha value is -2.46. The zero-order valence-corrected chi connectivity index (χ0v) is 18.7. The first-order valence-corrected chi connectivity index (χ1v) is 12.5. The van der Waals surface area contributed by atoms with Gasteiger partial charge in [0.1, 0.15) is 4.90 Å². The molecule has 2 aromatic heterocycles. The maximum atomic E-state index is 13.2. The number of pyridine rings is 1. The highest BCUT2D eigenvalue weighted by atomic mass is 32.2. The fourth-order valence-electron chi connectivity index (χ4n) is 4.83. The number of rotatable bonds is 3. The van der Waals surface area contributed by atoms with E-state index in [0.29, 0.717) is 30.9 Å². The Kier molecular flexibility index (Phi) is 5.01. The monoisotopic (exact) mass is 444 g/mol. The van der Waals surface area contributed by atoms with Crippen molar-refractivity contribution in [2.24, 2.45) is 15.4 Å². The van der Waals surface area contributed by atoms with Crippen molar-refractivity contribution < 1.29 is 13.7 Å². The van der Waals surface area contributed by atoms with E-state index in [4.69, 9.17) is 14.9 Å². The van der Waals surface area contributed by atoms with Crippen LogP contribution in [0.4, 0.5) is 10.5 Å². The van der Waals surface area contributed by atoms with Crippen molar-refractivity contribution in [1.29, 1.82) is 0 Å². The summed E-state index contributed by atoms with van der Waals surface area (Å²) in [7, 11) is -3.50. The quantitative estimate of drug-likeness (QED) is 0.752. The first kappa shape index (κ1) is 20.4. The molecule has 2 aliphatic carbocycles. The molecule has 166 valence electrons. The van der Waals surface area contributed by atoms with Crippen molar-refractivity contribution in [2.45, 2.75) is 69.7 Å². The normalized spacial score (nSPS) is 23.3. The maximum absolute atomic E-state index is 13.2. The molecule has 2 amide bonds. The van der Waals surface area contributed by atoms with Crippen molar-refractivity contribution in [1.82, 2.24) is 14.8 Å². The smallest absolute Gasteiger partial charge is 0.354 e. The number of amides is 2. The van der Waals surface area contributed by atoms with Crippen LogP contribution in [0.2, 0.25) is 0 Å². The number of urea groups is 1. The largest absolute Gasteiger partial charge is 0.477 e. The number of aromatic nitrogens is 3. The summed E-state index contributed by atoms with van der Waals surface area (Å²) in [5.41, 5.74) is 5.08. The second-order valence-electron chi connectivity index (χ2n) is 8.74. The van der Waals surface area contributed by atoms with Crippen LogP contribution in [0.5, 0.6) is 5.88 Å². The van der Waals surface area contributed by atoms with Crippen LogP contribution in [0.15, 0.2) is 15.5 Å². The average Bonchev–Trinajstić information content (AvgIpc) is 3.45. The molecule has 0 saturated carbocycles. The summed E-state index contributed by atoms with van der Waals surface area (Å²) < 4.78 is 24.5. The first-order chi connectivity index (χ1) is 14.9. The zero-order valence-electron chi connectivity index (χ0n) is 17.9. The third-order valence-electron chi connectivity index (χ3n) is 6.64. The Morgan fingerprint density at radius 1 is 1.39 bits per heavy atom. The van der Waals surface area contributed by atoms with Gasteiger partial charge in [-0.2, -0.15) is 5.10 Å². The number of hydrogen-bond acceptors (Lipinski definition) is 5. The summed E-state index contributed by atoms with van der Waals surface area (Å²) in [4.78, 5) is 17.9. The topological polar surface area (TPSA) is 124 Å². The number of carbonyl (C=O) groups is 1. The first-order valence-electron chi connectivity index (χ1n) is 11.0. The number of anilines is 1. The third kappa shape index (κ3) is 3.51. The molecule has 10 heteroatoms. The number of nitrogens with one attached hydrogen (secondary N) is 1. The molecule has 3 unspecified atom stereocenters. The van der Waals surface area contributed by atoms with E-state index < -0.39 is 15.9 Å². The fourth-order valence-corrected chi connectivity index (χ4v) is 5.83. The molecule has 9 nitrogen and oxygen atoms in total. The minimum atomic E-state index is -3.50. The van der Waals surface area contributed by atoms with E-state index >= 15 is 0 Å².